The van der Waals surface area contributed by atoms with Crippen LogP contribution >= 0.6 is 0 Å². The van der Waals surface area contributed by atoms with Gasteiger partial charge in [-0.05, 0) is 12.1 Å². The van der Waals surface area contributed by atoms with Crippen LogP contribution in [0.15, 0.2) is 36.9 Å². The summed E-state index contributed by atoms with van der Waals surface area (Å²) in [6.07, 6.45) is 7.75. The Balaban J connectivity index is 1.94. The lowest BCUT2D eigenvalue weighted by Crippen LogP contribution is -2.44. The summed E-state index contributed by atoms with van der Waals surface area (Å²) in [5.41, 5.74) is 2.86. The summed E-state index contributed by atoms with van der Waals surface area (Å²) in [4.78, 5) is 25.2. The van der Waals surface area contributed by atoms with Gasteiger partial charge in [0.25, 0.3) is 0 Å². The number of amides is 1. The summed E-state index contributed by atoms with van der Waals surface area (Å²) in [5.74, 6) is 0.284. The molecule has 5 nitrogen and oxygen atoms in total. The van der Waals surface area contributed by atoms with Crippen LogP contribution in [0.5, 0.6) is 0 Å². The smallest absolute Gasteiger partial charge is 0.209 e. The molecule has 0 bridgehead atoms. The molecule has 1 saturated heterocycles. The van der Waals surface area contributed by atoms with Crippen molar-refractivity contribution in [1.29, 1.82) is 0 Å². The quantitative estimate of drug-likeness (QED) is 0.754. The van der Waals surface area contributed by atoms with E-state index >= 15 is 0 Å². The van der Waals surface area contributed by atoms with Crippen LogP contribution in [0.4, 0.5) is 0 Å². The molecule has 2 aromatic heterocycles. The second kappa shape index (κ2) is 4.52. The molecule has 3 rings (SSSR count). The van der Waals surface area contributed by atoms with Crippen molar-refractivity contribution in [2.45, 2.75) is 5.92 Å². The Bertz CT molecular complexity index is 552. The number of nitrogens with zero attached hydrogens (tertiary/aromatic N) is 4. The van der Waals surface area contributed by atoms with E-state index in [4.69, 9.17) is 0 Å². The van der Waals surface area contributed by atoms with Crippen molar-refractivity contribution in [2.24, 2.45) is 0 Å². The van der Waals surface area contributed by atoms with Gasteiger partial charge in [0.15, 0.2) is 0 Å². The summed E-state index contributed by atoms with van der Waals surface area (Å²) in [6.45, 7) is 1.44. The summed E-state index contributed by atoms with van der Waals surface area (Å²) in [7, 11) is 0. The molecule has 0 saturated carbocycles. The second-order valence-corrected chi connectivity index (χ2v) is 4.28. The Labute approximate surface area is 105 Å². The summed E-state index contributed by atoms with van der Waals surface area (Å²) in [5, 5.41) is 0. The maximum Gasteiger partial charge on any atom is 0.209 e. The number of likely N-dealkylation sites (tertiary alicyclic amines) is 1. The van der Waals surface area contributed by atoms with E-state index in [1.54, 1.807) is 29.7 Å². The molecule has 1 fully saturated rings. The molecule has 2 aromatic rings. The first-order chi connectivity index (χ1) is 8.88. The van der Waals surface area contributed by atoms with Gasteiger partial charge in [0, 0.05) is 49.4 Å². The number of carbonyl (C=O) groups is 1. The van der Waals surface area contributed by atoms with Crippen molar-refractivity contribution in [2.75, 3.05) is 13.1 Å². The van der Waals surface area contributed by atoms with Gasteiger partial charge in [-0.2, -0.15) is 0 Å². The largest absolute Gasteiger partial charge is 0.344 e. The zero-order chi connectivity index (χ0) is 12.4. The molecule has 90 valence electrons. The van der Waals surface area contributed by atoms with Gasteiger partial charge >= 0.3 is 0 Å². The number of rotatable bonds is 3. The Hall–Kier alpha value is -2.30. The van der Waals surface area contributed by atoms with E-state index in [9.17, 15) is 4.79 Å². The van der Waals surface area contributed by atoms with E-state index in [1.807, 2.05) is 12.1 Å². The van der Waals surface area contributed by atoms with Gasteiger partial charge < -0.3 is 4.90 Å². The average Bonchev–Trinajstić information content (AvgIpc) is 2.39. The molecular formula is C13H12N4O. The third kappa shape index (κ3) is 1.84. The maximum absolute atomic E-state index is 10.6. The number of aromatic nitrogens is 3. The molecule has 1 aliphatic rings. The Kier molecular flexibility index (Phi) is 2.72. The van der Waals surface area contributed by atoms with Crippen LogP contribution in [0.1, 0.15) is 11.6 Å². The number of hydrogen-bond donors (Lipinski definition) is 0. The maximum atomic E-state index is 10.6. The average molecular weight is 240 g/mol. The van der Waals surface area contributed by atoms with Gasteiger partial charge in [-0.25, -0.2) is 0 Å². The lowest BCUT2D eigenvalue weighted by molar-refractivity contribution is -0.122. The number of carbonyl (C=O) groups excluding carboxylic acids is 1. The predicted octanol–water partition coefficient (Wildman–Crippen LogP) is 1.09. The minimum Gasteiger partial charge on any atom is -0.344 e. The molecule has 0 radical (unpaired) electrons. The van der Waals surface area contributed by atoms with Crippen LogP contribution in [-0.4, -0.2) is 39.4 Å². The molecule has 0 spiro atoms. The topological polar surface area (TPSA) is 59.0 Å². The zero-order valence-corrected chi connectivity index (χ0v) is 9.73. The molecule has 0 aromatic carbocycles. The minimum absolute atomic E-state index is 0.284. The van der Waals surface area contributed by atoms with Gasteiger partial charge in [0.05, 0.1) is 11.4 Å². The Morgan fingerprint density at radius 1 is 1.11 bits per heavy atom. The first-order valence-electron chi connectivity index (χ1n) is 5.79. The second-order valence-electron chi connectivity index (χ2n) is 4.28. The highest BCUT2D eigenvalue weighted by molar-refractivity contribution is 5.62. The van der Waals surface area contributed by atoms with E-state index in [2.05, 4.69) is 15.0 Å². The normalized spacial score (nSPS) is 15.2. The van der Waals surface area contributed by atoms with Crippen molar-refractivity contribution < 1.29 is 4.79 Å². The van der Waals surface area contributed by atoms with Crippen LogP contribution < -0.4 is 0 Å². The lowest BCUT2D eigenvalue weighted by atomic mass is 9.93. The van der Waals surface area contributed by atoms with E-state index in [1.165, 1.54) is 0 Å². The van der Waals surface area contributed by atoms with Crippen molar-refractivity contribution in [3.8, 4) is 11.3 Å². The van der Waals surface area contributed by atoms with Crippen LogP contribution in [0.2, 0.25) is 0 Å². The van der Waals surface area contributed by atoms with Gasteiger partial charge in [0.1, 0.15) is 0 Å². The molecule has 5 heteroatoms. The third-order valence-corrected chi connectivity index (χ3v) is 3.13. The van der Waals surface area contributed by atoms with Crippen LogP contribution in [0.25, 0.3) is 11.3 Å². The molecule has 1 amide bonds. The minimum atomic E-state index is 0.284. The standard InChI is InChI=1S/C13H12N4O/c18-9-17-7-11(8-17)13-12(15-5-6-16-13)10-1-3-14-4-2-10/h1-6,9,11H,7-8H2. The molecule has 0 atom stereocenters. The van der Waals surface area contributed by atoms with Gasteiger partial charge in [-0.15, -0.1) is 0 Å². The van der Waals surface area contributed by atoms with Gasteiger partial charge in [-0.1, -0.05) is 0 Å². The fraction of sp³-hybridized carbons (Fsp3) is 0.231. The molecule has 0 N–H and O–H groups in total. The Morgan fingerprint density at radius 3 is 2.56 bits per heavy atom. The molecule has 3 heterocycles. The highest BCUT2D eigenvalue weighted by Gasteiger charge is 2.30. The summed E-state index contributed by atoms with van der Waals surface area (Å²) >= 11 is 0. The predicted molar refractivity (Wildman–Crippen MR) is 65.6 cm³/mol. The Morgan fingerprint density at radius 2 is 1.83 bits per heavy atom. The van der Waals surface area contributed by atoms with Crippen molar-refractivity contribution in [3.63, 3.8) is 0 Å². The fourth-order valence-electron chi connectivity index (χ4n) is 2.15. The first kappa shape index (κ1) is 10.8. The van der Waals surface area contributed by atoms with Crippen molar-refractivity contribution >= 4 is 6.41 Å². The zero-order valence-electron chi connectivity index (χ0n) is 9.73. The summed E-state index contributed by atoms with van der Waals surface area (Å²) < 4.78 is 0. The lowest BCUT2D eigenvalue weighted by Gasteiger charge is -2.36. The van der Waals surface area contributed by atoms with Crippen LogP contribution in [-0.2, 0) is 4.79 Å². The van der Waals surface area contributed by atoms with Crippen LogP contribution in [0.3, 0.4) is 0 Å². The van der Waals surface area contributed by atoms with Gasteiger partial charge in [-0.3, -0.25) is 19.7 Å². The van der Waals surface area contributed by atoms with E-state index in [0.717, 1.165) is 36.5 Å². The molecule has 0 unspecified atom stereocenters. The molecular weight excluding hydrogens is 228 g/mol. The van der Waals surface area contributed by atoms with Crippen molar-refractivity contribution in [3.05, 3.63) is 42.6 Å². The monoisotopic (exact) mass is 240 g/mol. The van der Waals surface area contributed by atoms with Crippen LogP contribution in [0, 0.1) is 0 Å². The van der Waals surface area contributed by atoms with Gasteiger partial charge in [0.2, 0.25) is 6.41 Å². The highest BCUT2D eigenvalue weighted by Crippen LogP contribution is 2.30. The molecule has 18 heavy (non-hydrogen) atoms. The first-order valence-corrected chi connectivity index (χ1v) is 5.79. The SMILES string of the molecule is O=CN1CC(c2nccnc2-c2ccncc2)C1. The van der Waals surface area contributed by atoms with E-state index < -0.39 is 0 Å². The molecule has 1 aliphatic heterocycles. The number of pyridine rings is 1. The highest BCUT2D eigenvalue weighted by atomic mass is 16.1. The van der Waals surface area contributed by atoms with Crippen molar-refractivity contribution in [1.82, 2.24) is 19.9 Å². The van der Waals surface area contributed by atoms with E-state index in [-0.39, 0.29) is 5.92 Å². The number of hydrogen-bond acceptors (Lipinski definition) is 4. The fourth-order valence-corrected chi connectivity index (χ4v) is 2.15. The molecule has 0 aliphatic carbocycles. The third-order valence-electron chi connectivity index (χ3n) is 3.13. The summed E-state index contributed by atoms with van der Waals surface area (Å²) in [6, 6.07) is 3.84. The van der Waals surface area contributed by atoms with E-state index in [0.29, 0.717) is 0 Å².